The summed E-state index contributed by atoms with van der Waals surface area (Å²) >= 11 is 0. The fraction of sp³-hybridized carbons (Fsp3) is 0.235. The standard InChI is InChI=1S/C17H17O4P/c1-10-6-5-7-11(2)14(10)16(18)15-12(20-3)8-9-13(22-19)17(15)21-4/h5-9H,1-4H3. The number of ketones is 1. The Labute approximate surface area is 131 Å². The van der Waals surface area contributed by atoms with Crippen molar-refractivity contribution in [1.29, 1.82) is 0 Å². The molecule has 0 saturated heterocycles. The second-order valence-corrected chi connectivity index (χ2v) is 5.55. The molecule has 0 N–H and O–H groups in total. The van der Waals surface area contributed by atoms with Gasteiger partial charge in [0.15, 0.2) is 8.46 Å². The molecular weight excluding hydrogens is 299 g/mol. The van der Waals surface area contributed by atoms with Crippen LogP contribution in [0.5, 0.6) is 11.5 Å². The molecule has 4 nitrogen and oxygen atoms in total. The fourth-order valence-electron chi connectivity index (χ4n) is 2.51. The minimum Gasteiger partial charge on any atom is -0.496 e. The quantitative estimate of drug-likeness (QED) is 0.626. The van der Waals surface area contributed by atoms with Crippen molar-refractivity contribution in [3.8, 4) is 11.5 Å². The minimum absolute atomic E-state index is 0.199. The van der Waals surface area contributed by atoms with Gasteiger partial charge in [0.1, 0.15) is 17.1 Å². The van der Waals surface area contributed by atoms with Gasteiger partial charge in [0.25, 0.3) is 0 Å². The average Bonchev–Trinajstić information content (AvgIpc) is 2.52. The molecule has 2 aromatic carbocycles. The number of carbonyl (C=O) groups is 1. The van der Waals surface area contributed by atoms with Crippen molar-refractivity contribution in [2.24, 2.45) is 0 Å². The van der Waals surface area contributed by atoms with Crippen LogP contribution in [0.4, 0.5) is 0 Å². The van der Waals surface area contributed by atoms with E-state index in [0.717, 1.165) is 11.1 Å². The van der Waals surface area contributed by atoms with Gasteiger partial charge in [-0.3, -0.25) is 9.36 Å². The van der Waals surface area contributed by atoms with Crippen molar-refractivity contribution < 1.29 is 18.8 Å². The molecule has 0 aliphatic heterocycles. The van der Waals surface area contributed by atoms with Gasteiger partial charge in [-0.25, -0.2) is 0 Å². The van der Waals surface area contributed by atoms with Crippen LogP contribution in [0.2, 0.25) is 0 Å². The molecule has 2 rings (SSSR count). The lowest BCUT2D eigenvalue weighted by Gasteiger charge is -2.15. The Bertz CT molecular complexity index is 717. The molecule has 0 amide bonds. The molecule has 114 valence electrons. The largest absolute Gasteiger partial charge is 0.496 e. The Balaban J connectivity index is 2.75. The first-order chi connectivity index (χ1) is 10.5. The van der Waals surface area contributed by atoms with Gasteiger partial charge in [-0.1, -0.05) is 18.2 Å². The molecule has 22 heavy (non-hydrogen) atoms. The van der Waals surface area contributed by atoms with Crippen LogP contribution in [-0.2, 0) is 4.57 Å². The van der Waals surface area contributed by atoms with Crippen LogP contribution in [0, 0.1) is 13.8 Å². The number of benzene rings is 2. The van der Waals surface area contributed by atoms with Crippen LogP contribution in [-0.4, -0.2) is 20.0 Å². The van der Waals surface area contributed by atoms with Gasteiger partial charge in [-0.05, 0) is 37.1 Å². The number of hydrogen-bond acceptors (Lipinski definition) is 4. The monoisotopic (exact) mass is 316 g/mol. The maximum absolute atomic E-state index is 13.1. The summed E-state index contributed by atoms with van der Waals surface area (Å²) in [5, 5.41) is 0.415. The lowest BCUT2D eigenvalue weighted by molar-refractivity contribution is 0.103. The molecule has 0 heterocycles. The minimum atomic E-state index is -0.208. The van der Waals surface area contributed by atoms with Gasteiger partial charge in [0.2, 0.25) is 5.78 Å². The molecule has 0 aliphatic carbocycles. The molecule has 0 aromatic heterocycles. The highest BCUT2D eigenvalue weighted by molar-refractivity contribution is 7.34. The number of ether oxygens (including phenoxy) is 2. The molecule has 0 spiro atoms. The summed E-state index contributed by atoms with van der Waals surface area (Å²) in [6, 6.07) is 8.92. The third-order valence-electron chi connectivity index (χ3n) is 3.56. The lowest BCUT2D eigenvalue weighted by Crippen LogP contribution is -2.13. The third-order valence-corrected chi connectivity index (χ3v) is 4.11. The average molecular weight is 316 g/mol. The van der Waals surface area contributed by atoms with E-state index in [1.54, 1.807) is 12.1 Å². The Morgan fingerprint density at radius 1 is 0.955 bits per heavy atom. The van der Waals surface area contributed by atoms with E-state index in [1.807, 2.05) is 32.0 Å². The van der Waals surface area contributed by atoms with Crippen molar-refractivity contribution in [2.45, 2.75) is 13.8 Å². The summed E-state index contributed by atoms with van der Waals surface area (Å²) in [6.45, 7) is 3.77. The predicted octanol–water partition coefficient (Wildman–Crippen LogP) is 3.47. The third kappa shape index (κ3) is 2.75. The maximum Gasteiger partial charge on any atom is 0.201 e. The number of methoxy groups -OCH3 is 2. The SMILES string of the molecule is COc1ccc(P=O)c(OC)c1C(=O)c1c(C)cccc1C. The zero-order chi connectivity index (χ0) is 16.3. The van der Waals surface area contributed by atoms with Gasteiger partial charge in [-0.15, -0.1) is 0 Å². The molecule has 0 bridgehead atoms. The van der Waals surface area contributed by atoms with E-state index in [2.05, 4.69) is 0 Å². The number of hydrogen-bond donors (Lipinski definition) is 0. The fourth-order valence-corrected chi connectivity index (χ4v) is 2.94. The molecule has 0 unspecified atom stereocenters. The normalized spacial score (nSPS) is 10.5. The second kappa shape index (κ2) is 6.71. The first-order valence-electron chi connectivity index (χ1n) is 6.74. The number of rotatable bonds is 5. The van der Waals surface area contributed by atoms with E-state index in [9.17, 15) is 9.36 Å². The summed E-state index contributed by atoms with van der Waals surface area (Å²) in [4.78, 5) is 13.1. The Morgan fingerprint density at radius 3 is 2.09 bits per heavy atom. The van der Waals surface area contributed by atoms with E-state index in [0.29, 0.717) is 22.2 Å². The highest BCUT2D eigenvalue weighted by atomic mass is 31.1. The summed E-state index contributed by atoms with van der Waals surface area (Å²) in [5.41, 5.74) is 2.65. The topological polar surface area (TPSA) is 52.6 Å². The molecule has 0 atom stereocenters. The highest BCUT2D eigenvalue weighted by Crippen LogP contribution is 2.32. The van der Waals surface area contributed by atoms with Crippen molar-refractivity contribution >= 4 is 19.5 Å². The first-order valence-corrected chi connectivity index (χ1v) is 7.55. The molecule has 0 aliphatic rings. The number of aryl methyl sites for hydroxylation is 2. The van der Waals surface area contributed by atoms with E-state index < -0.39 is 0 Å². The van der Waals surface area contributed by atoms with Gasteiger partial charge < -0.3 is 9.47 Å². The van der Waals surface area contributed by atoms with Crippen LogP contribution >= 0.6 is 8.46 Å². The first kappa shape index (κ1) is 16.2. The molecule has 5 heteroatoms. The summed E-state index contributed by atoms with van der Waals surface area (Å²) < 4.78 is 21.9. The van der Waals surface area contributed by atoms with Gasteiger partial charge in [0.05, 0.1) is 19.5 Å². The van der Waals surface area contributed by atoms with Gasteiger partial charge in [-0.2, -0.15) is 0 Å². The molecular formula is C17H17O4P. The lowest BCUT2D eigenvalue weighted by atomic mass is 9.94. The van der Waals surface area contributed by atoms with Crippen LogP contribution in [0.3, 0.4) is 0 Å². The van der Waals surface area contributed by atoms with Crippen LogP contribution in [0.15, 0.2) is 30.3 Å². The van der Waals surface area contributed by atoms with Gasteiger partial charge in [0, 0.05) is 5.56 Å². The Hall–Kier alpha value is -2.19. The van der Waals surface area contributed by atoms with Crippen molar-refractivity contribution in [2.75, 3.05) is 14.2 Å². The zero-order valence-corrected chi connectivity index (χ0v) is 13.9. The molecule has 0 saturated carbocycles. The van der Waals surface area contributed by atoms with E-state index in [1.165, 1.54) is 14.2 Å². The highest BCUT2D eigenvalue weighted by Gasteiger charge is 2.25. The molecule has 0 fully saturated rings. The zero-order valence-electron chi connectivity index (χ0n) is 13.0. The predicted molar refractivity (Wildman–Crippen MR) is 86.1 cm³/mol. The van der Waals surface area contributed by atoms with Crippen molar-refractivity contribution in [3.63, 3.8) is 0 Å². The summed E-state index contributed by atoms with van der Waals surface area (Å²) in [5.74, 6) is 0.482. The Kier molecular flexibility index (Phi) is 4.94. The van der Waals surface area contributed by atoms with Crippen LogP contribution in [0.25, 0.3) is 0 Å². The van der Waals surface area contributed by atoms with Crippen molar-refractivity contribution in [3.05, 3.63) is 52.6 Å². The maximum atomic E-state index is 13.1. The summed E-state index contributed by atoms with van der Waals surface area (Å²) in [6.07, 6.45) is 0. The van der Waals surface area contributed by atoms with E-state index >= 15 is 0 Å². The molecule has 2 aromatic rings. The second-order valence-electron chi connectivity index (χ2n) is 4.88. The van der Waals surface area contributed by atoms with Crippen LogP contribution < -0.4 is 14.8 Å². The van der Waals surface area contributed by atoms with Crippen molar-refractivity contribution in [1.82, 2.24) is 0 Å². The smallest absolute Gasteiger partial charge is 0.201 e. The summed E-state index contributed by atoms with van der Waals surface area (Å²) in [7, 11) is 2.73. The Morgan fingerprint density at radius 2 is 1.59 bits per heavy atom. The number of carbonyl (C=O) groups excluding carboxylic acids is 1. The van der Waals surface area contributed by atoms with Crippen LogP contribution in [0.1, 0.15) is 27.0 Å². The van der Waals surface area contributed by atoms with E-state index in [4.69, 9.17) is 9.47 Å². The van der Waals surface area contributed by atoms with E-state index in [-0.39, 0.29) is 20.0 Å². The molecule has 0 radical (unpaired) electrons. The van der Waals surface area contributed by atoms with Gasteiger partial charge >= 0.3 is 0 Å².